The Morgan fingerprint density at radius 1 is 1.20 bits per heavy atom. The minimum atomic E-state index is -0.790. The molecule has 20 heavy (non-hydrogen) atoms. The average molecular weight is 273 g/mol. The second kappa shape index (κ2) is 5.27. The van der Waals surface area contributed by atoms with Gasteiger partial charge in [-0.1, -0.05) is 12.1 Å². The fourth-order valence-electron chi connectivity index (χ4n) is 2.80. The highest BCUT2D eigenvalue weighted by atomic mass is 16.4. The summed E-state index contributed by atoms with van der Waals surface area (Å²) in [5, 5.41) is 11.6. The smallest absolute Gasteiger partial charge is 0.303 e. The molecule has 0 spiro atoms. The molecule has 4 heteroatoms. The van der Waals surface area contributed by atoms with Crippen LogP contribution in [-0.2, 0) is 16.0 Å². The third-order valence-corrected chi connectivity index (χ3v) is 4.25. The van der Waals surface area contributed by atoms with E-state index >= 15 is 0 Å². The third-order valence-electron chi connectivity index (χ3n) is 4.25. The summed E-state index contributed by atoms with van der Waals surface area (Å²) in [7, 11) is 0. The highest BCUT2D eigenvalue weighted by Crippen LogP contribution is 2.54. The standard InChI is InChI=1S/C16H19NO3/c18-15(19)8-3-10-1-6-12(7-2-10)17-16(20)14-9-13(14)11-4-5-11/h1-2,6-7,11,13-14H,3-5,8-9H2,(H,17,20)(H,18,19). The Morgan fingerprint density at radius 3 is 2.50 bits per heavy atom. The number of amides is 1. The van der Waals surface area contributed by atoms with E-state index in [4.69, 9.17) is 5.11 Å². The maximum absolute atomic E-state index is 12.0. The molecule has 2 fully saturated rings. The molecule has 2 N–H and O–H groups in total. The van der Waals surface area contributed by atoms with Crippen LogP contribution in [0.5, 0.6) is 0 Å². The van der Waals surface area contributed by atoms with Gasteiger partial charge in [-0.05, 0) is 55.2 Å². The van der Waals surface area contributed by atoms with E-state index in [9.17, 15) is 9.59 Å². The van der Waals surface area contributed by atoms with Crippen LogP contribution in [0.1, 0.15) is 31.2 Å². The van der Waals surface area contributed by atoms with Crippen molar-refractivity contribution in [3.05, 3.63) is 29.8 Å². The van der Waals surface area contributed by atoms with E-state index in [2.05, 4.69) is 5.32 Å². The van der Waals surface area contributed by atoms with E-state index in [0.717, 1.165) is 23.6 Å². The zero-order valence-electron chi connectivity index (χ0n) is 11.3. The Kier molecular flexibility index (Phi) is 3.47. The molecule has 0 aliphatic heterocycles. The number of carboxylic acids is 1. The van der Waals surface area contributed by atoms with Gasteiger partial charge in [0, 0.05) is 18.0 Å². The molecular weight excluding hydrogens is 254 g/mol. The van der Waals surface area contributed by atoms with Crippen LogP contribution in [0.25, 0.3) is 0 Å². The van der Waals surface area contributed by atoms with Crippen molar-refractivity contribution < 1.29 is 14.7 Å². The Bertz CT molecular complexity index is 519. The molecule has 2 unspecified atom stereocenters. The minimum absolute atomic E-state index is 0.136. The molecule has 1 aromatic rings. The van der Waals surface area contributed by atoms with Crippen molar-refractivity contribution in [1.29, 1.82) is 0 Å². The first-order chi connectivity index (χ1) is 9.63. The summed E-state index contributed by atoms with van der Waals surface area (Å²) < 4.78 is 0. The minimum Gasteiger partial charge on any atom is -0.481 e. The van der Waals surface area contributed by atoms with E-state index in [1.54, 1.807) is 0 Å². The lowest BCUT2D eigenvalue weighted by molar-refractivity contribution is -0.137. The SMILES string of the molecule is O=C(O)CCc1ccc(NC(=O)C2CC2C2CC2)cc1. The van der Waals surface area contributed by atoms with Crippen molar-refractivity contribution in [2.45, 2.75) is 32.1 Å². The van der Waals surface area contributed by atoms with Crippen LogP contribution < -0.4 is 5.32 Å². The maximum atomic E-state index is 12.0. The number of carbonyl (C=O) groups excluding carboxylic acids is 1. The van der Waals surface area contributed by atoms with Crippen LogP contribution in [0.3, 0.4) is 0 Å². The van der Waals surface area contributed by atoms with E-state index in [-0.39, 0.29) is 18.2 Å². The van der Waals surface area contributed by atoms with Crippen LogP contribution in [0.15, 0.2) is 24.3 Å². The summed E-state index contributed by atoms with van der Waals surface area (Å²) in [5.41, 5.74) is 1.78. The summed E-state index contributed by atoms with van der Waals surface area (Å²) >= 11 is 0. The van der Waals surface area contributed by atoms with E-state index in [1.807, 2.05) is 24.3 Å². The van der Waals surface area contributed by atoms with Gasteiger partial charge < -0.3 is 10.4 Å². The number of hydrogen-bond acceptors (Lipinski definition) is 2. The van der Waals surface area contributed by atoms with Gasteiger partial charge in [-0.3, -0.25) is 9.59 Å². The van der Waals surface area contributed by atoms with Gasteiger partial charge >= 0.3 is 5.97 Å². The first kappa shape index (κ1) is 13.2. The average Bonchev–Trinajstić information content (AvgIpc) is 3.28. The first-order valence-electron chi connectivity index (χ1n) is 7.25. The lowest BCUT2D eigenvalue weighted by Crippen LogP contribution is -2.15. The Hall–Kier alpha value is -1.84. The summed E-state index contributed by atoms with van der Waals surface area (Å²) in [6, 6.07) is 7.46. The van der Waals surface area contributed by atoms with Crippen LogP contribution >= 0.6 is 0 Å². The summed E-state index contributed by atoms with van der Waals surface area (Å²) in [6.45, 7) is 0. The Balaban J connectivity index is 1.50. The molecule has 3 rings (SSSR count). The molecule has 4 nitrogen and oxygen atoms in total. The summed E-state index contributed by atoms with van der Waals surface area (Å²) in [4.78, 5) is 22.5. The zero-order valence-corrected chi connectivity index (χ0v) is 11.3. The van der Waals surface area contributed by atoms with Crippen LogP contribution in [0.2, 0.25) is 0 Å². The fourth-order valence-corrected chi connectivity index (χ4v) is 2.80. The molecule has 106 valence electrons. The van der Waals surface area contributed by atoms with Crippen molar-refractivity contribution in [1.82, 2.24) is 0 Å². The lowest BCUT2D eigenvalue weighted by atomic mass is 10.1. The number of anilines is 1. The van der Waals surface area contributed by atoms with Crippen molar-refractivity contribution in [2.75, 3.05) is 5.32 Å². The van der Waals surface area contributed by atoms with Gasteiger partial charge in [0.2, 0.25) is 5.91 Å². The van der Waals surface area contributed by atoms with Gasteiger partial charge in [-0.2, -0.15) is 0 Å². The number of rotatable bonds is 6. The van der Waals surface area contributed by atoms with Crippen LogP contribution in [0, 0.1) is 17.8 Å². The predicted octanol–water partition coefficient (Wildman–Crippen LogP) is 2.69. The molecule has 2 atom stereocenters. The molecule has 1 aromatic carbocycles. The number of carbonyl (C=O) groups is 2. The highest BCUT2D eigenvalue weighted by molar-refractivity contribution is 5.94. The molecule has 0 saturated heterocycles. The lowest BCUT2D eigenvalue weighted by Gasteiger charge is -2.06. The number of nitrogens with one attached hydrogen (secondary N) is 1. The summed E-state index contributed by atoms with van der Waals surface area (Å²) in [6.07, 6.45) is 4.30. The molecule has 1 amide bonds. The molecule has 2 saturated carbocycles. The van der Waals surface area contributed by atoms with Gasteiger partial charge in [0.05, 0.1) is 0 Å². The van der Waals surface area contributed by atoms with Crippen LogP contribution in [0.4, 0.5) is 5.69 Å². The molecule has 0 heterocycles. The second-order valence-electron chi connectivity index (χ2n) is 5.92. The Morgan fingerprint density at radius 2 is 1.90 bits per heavy atom. The molecule has 2 aliphatic carbocycles. The third kappa shape index (κ3) is 3.18. The van der Waals surface area contributed by atoms with E-state index in [1.165, 1.54) is 12.8 Å². The molecule has 2 aliphatic rings. The van der Waals surface area contributed by atoms with E-state index in [0.29, 0.717) is 12.3 Å². The molecule has 0 radical (unpaired) electrons. The number of aliphatic carboxylic acids is 1. The monoisotopic (exact) mass is 273 g/mol. The van der Waals surface area contributed by atoms with Crippen molar-refractivity contribution in [2.24, 2.45) is 17.8 Å². The normalized spacial score (nSPS) is 24.2. The highest BCUT2D eigenvalue weighted by Gasteiger charge is 2.51. The summed E-state index contributed by atoms with van der Waals surface area (Å²) in [5.74, 6) is 1.01. The van der Waals surface area contributed by atoms with Gasteiger partial charge in [0.15, 0.2) is 0 Å². The molecule has 0 aromatic heterocycles. The zero-order chi connectivity index (χ0) is 14.1. The number of carboxylic acid groups (broad SMARTS) is 1. The largest absolute Gasteiger partial charge is 0.481 e. The van der Waals surface area contributed by atoms with Gasteiger partial charge in [-0.15, -0.1) is 0 Å². The first-order valence-corrected chi connectivity index (χ1v) is 7.25. The van der Waals surface area contributed by atoms with Gasteiger partial charge in [-0.25, -0.2) is 0 Å². The van der Waals surface area contributed by atoms with Gasteiger partial charge in [0.1, 0.15) is 0 Å². The Labute approximate surface area is 118 Å². The second-order valence-corrected chi connectivity index (χ2v) is 5.92. The van der Waals surface area contributed by atoms with Crippen molar-refractivity contribution >= 4 is 17.6 Å². The van der Waals surface area contributed by atoms with E-state index < -0.39 is 5.97 Å². The number of benzene rings is 1. The predicted molar refractivity (Wildman–Crippen MR) is 75.3 cm³/mol. The molecular formula is C16H19NO3. The van der Waals surface area contributed by atoms with Gasteiger partial charge in [0.25, 0.3) is 0 Å². The van der Waals surface area contributed by atoms with Crippen molar-refractivity contribution in [3.63, 3.8) is 0 Å². The van der Waals surface area contributed by atoms with Crippen LogP contribution in [-0.4, -0.2) is 17.0 Å². The quantitative estimate of drug-likeness (QED) is 0.837. The maximum Gasteiger partial charge on any atom is 0.303 e. The number of aryl methyl sites for hydroxylation is 1. The molecule has 0 bridgehead atoms. The number of hydrogen-bond donors (Lipinski definition) is 2. The fraction of sp³-hybridized carbons (Fsp3) is 0.500. The van der Waals surface area contributed by atoms with Crippen molar-refractivity contribution in [3.8, 4) is 0 Å². The topological polar surface area (TPSA) is 66.4 Å².